The Balaban J connectivity index is 2.33. The molecule has 1 aliphatic carbocycles. The third-order valence-electron chi connectivity index (χ3n) is 2.81. The monoisotopic (exact) mass is 177 g/mol. The Kier molecular flexibility index (Phi) is 1.28. The third kappa shape index (κ3) is 0.855. The van der Waals surface area contributed by atoms with Crippen molar-refractivity contribution in [2.75, 3.05) is 11.9 Å². The van der Waals surface area contributed by atoms with Gasteiger partial charge in [0.1, 0.15) is 0 Å². The molecule has 1 aromatic rings. The Morgan fingerprint density at radius 3 is 3.23 bits per heavy atom. The molecule has 0 aromatic carbocycles. The van der Waals surface area contributed by atoms with E-state index in [-0.39, 0.29) is 5.56 Å². The summed E-state index contributed by atoms with van der Waals surface area (Å²) in [5.41, 5.74) is 2.15. The molecule has 0 saturated carbocycles. The van der Waals surface area contributed by atoms with E-state index in [0.717, 1.165) is 49.6 Å². The average molecular weight is 177 g/mol. The van der Waals surface area contributed by atoms with Crippen molar-refractivity contribution in [1.82, 2.24) is 9.55 Å². The summed E-state index contributed by atoms with van der Waals surface area (Å²) in [4.78, 5) is 16.3. The zero-order chi connectivity index (χ0) is 8.84. The van der Waals surface area contributed by atoms with Gasteiger partial charge in [-0.1, -0.05) is 0 Å². The van der Waals surface area contributed by atoms with Crippen LogP contribution in [0.4, 0.5) is 5.95 Å². The summed E-state index contributed by atoms with van der Waals surface area (Å²) >= 11 is 0. The second kappa shape index (κ2) is 2.34. The van der Waals surface area contributed by atoms with Crippen LogP contribution >= 0.6 is 0 Å². The van der Waals surface area contributed by atoms with Crippen molar-refractivity contribution >= 4 is 5.95 Å². The standard InChI is InChI=1S/C9H11N3O/c13-8-6-2-1-3-7(6)11-9-10-4-5-12(8)9/h1-5H2,(H,10,11). The molecule has 2 aliphatic rings. The molecule has 0 atom stereocenters. The molecule has 0 radical (unpaired) electrons. The van der Waals surface area contributed by atoms with E-state index in [1.54, 1.807) is 4.57 Å². The van der Waals surface area contributed by atoms with Crippen molar-refractivity contribution in [3.05, 3.63) is 21.6 Å². The number of hydrogen-bond donors (Lipinski definition) is 1. The van der Waals surface area contributed by atoms with Crippen LogP contribution in [-0.2, 0) is 19.4 Å². The topological polar surface area (TPSA) is 46.9 Å². The minimum absolute atomic E-state index is 0.183. The van der Waals surface area contributed by atoms with Gasteiger partial charge in [0.2, 0.25) is 5.95 Å². The van der Waals surface area contributed by atoms with Gasteiger partial charge in [0.15, 0.2) is 0 Å². The summed E-state index contributed by atoms with van der Waals surface area (Å²) in [6.45, 7) is 1.61. The Labute approximate surface area is 75.6 Å². The van der Waals surface area contributed by atoms with Crippen LogP contribution in [0.2, 0.25) is 0 Å². The highest BCUT2D eigenvalue weighted by Crippen LogP contribution is 2.19. The summed E-state index contributed by atoms with van der Waals surface area (Å²) in [6, 6.07) is 0. The predicted molar refractivity (Wildman–Crippen MR) is 49.0 cm³/mol. The zero-order valence-electron chi connectivity index (χ0n) is 7.34. The van der Waals surface area contributed by atoms with Crippen molar-refractivity contribution in [1.29, 1.82) is 0 Å². The van der Waals surface area contributed by atoms with Crippen LogP contribution in [0.3, 0.4) is 0 Å². The first kappa shape index (κ1) is 7.12. The number of aryl methyl sites for hydroxylation is 1. The van der Waals surface area contributed by atoms with E-state index >= 15 is 0 Å². The van der Waals surface area contributed by atoms with Gasteiger partial charge in [0, 0.05) is 18.7 Å². The number of hydrogen-bond acceptors (Lipinski definition) is 3. The second-order valence-electron chi connectivity index (χ2n) is 3.60. The molecule has 68 valence electrons. The van der Waals surface area contributed by atoms with Gasteiger partial charge >= 0.3 is 0 Å². The maximum Gasteiger partial charge on any atom is 0.258 e. The van der Waals surface area contributed by atoms with Gasteiger partial charge in [-0.05, 0) is 19.3 Å². The lowest BCUT2D eigenvalue weighted by Crippen LogP contribution is -2.23. The third-order valence-corrected chi connectivity index (χ3v) is 2.81. The Hall–Kier alpha value is -1.32. The summed E-state index contributed by atoms with van der Waals surface area (Å²) in [7, 11) is 0. The van der Waals surface area contributed by atoms with E-state index in [9.17, 15) is 4.79 Å². The summed E-state index contributed by atoms with van der Waals surface area (Å²) in [5.74, 6) is 0.769. The minimum Gasteiger partial charge on any atom is -0.354 e. The highest BCUT2D eigenvalue weighted by Gasteiger charge is 2.22. The molecule has 2 heterocycles. The average Bonchev–Trinajstić information content (AvgIpc) is 2.71. The van der Waals surface area contributed by atoms with Gasteiger partial charge in [0.25, 0.3) is 5.56 Å². The lowest BCUT2D eigenvalue weighted by molar-refractivity contribution is 0.748. The minimum atomic E-state index is 0.183. The van der Waals surface area contributed by atoms with E-state index in [2.05, 4.69) is 10.3 Å². The number of anilines is 1. The molecule has 1 aromatic heterocycles. The number of fused-ring (bicyclic) bond motifs is 2. The van der Waals surface area contributed by atoms with Crippen molar-refractivity contribution in [2.24, 2.45) is 0 Å². The molecule has 0 unspecified atom stereocenters. The normalized spacial score (nSPS) is 18.2. The highest BCUT2D eigenvalue weighted by molar-refractivity contribution is 5.36. The van der Waals surface area contributed by atoms with E-state index in [4.69, 9.17) is 0 Å². The number of nitrogens with one attached hydrogen (secondary N) is 1. The molecular weight excluding hydrogens is 166 g/mol. The van der Waals surface area contributed by atoms with Crippen LogP contribution in [-0.4, -0.2) is 16.1 Å². The number of nitrogens with zero attached hydrogens (tertiary/aromatic N) is 2. The smallest absolute Gasteiger partial charge is 0.258 e. The SMILES string of the molecule is O=c1c2c(nc3n1CCN3)CCC2. The number of rotatable bonds is 0. The molecule has 1 aliphatic heterocycles. The molecule has 0 spiro atoms. The fourth-order valence-electron chi connectivity index (χ4n) is 2.15. The summed E-state index contributed by atoms with van der Waals surface area (Å²) < 4.78 is 1.75. The first-order chi connectivity index (χ1) is 6.36. The Morgan fingerprint density at radius 2 is 2.31 bits per heavy atom. The molecule has 4 heteroatoms. The fraction of sp³-hybridized carbons (Fsp3) is 0.556. The van der Waals surface area contributed by atoms with Crippen LogP contribution in [0.1, 0.15) is 17.7 Å². The van der Waals surface area contributed by atoms with Crippen molar-refractivity contribution in [3.8, 4) is 0 Å². The second-order valence-corrected chi connectivity index (χ2v) is 3.60. The quantitative estimate of drug-likeness (QED) is 0.614. The summed E-state index contributed by atoms with van der Waals surface area (Å²) in [6.07, 6.45) is 2.97. The molecule has 4 nitrogen and oxygen atoms in total. The van der Waals surface area contributed by atoms with Crippen molar-refractivity contribution < 1.29 is 0 Å². The highest BCUT2D eigenvalue weighted by atomic mass is 16.1. The van der Waals surface area contributed by atoms with E-state index in [1.165, 1.54) is 0 Å². The Morgan fingerprint density at radius 1 is 1.38 bits per heavy atom. The van der Waals surface area contributed by atoms with E-state index in [1.807, 2.05) is 0 Å². The van der Waals surface area contributed by atoms with Gasteiger partial charge in [-0.3, -0.25) is 9.36 Å². The molecular formula is C9H11N3O. The van der Waals surface area contributed by atoms with Gasteiger partial charge in [-0.25, -0.2) is 4.98 Å². The summed E-state index contributed by atoms with van der Waals surface area (Å²) in [5, 5.41) is 3.12. The largest absolute Gasteiger partial charge is 0.354 e. The lowest BCUT2D eigenvalue weighted by atomic mass is 10.2. The lowest BCUT2D eigenvalue weighted by Gasteiger charge is -2.04. The first-order valence-electron chi connectivity index (χ1n) is 4.73. The maximum absolute atomic E-state index is 11.8. The molecule has 0 bridgehead atoms. The predicted octanol–water partition coefficient (Wildman–Crippen LogP) is 0.157. The molecule has 0 amide bonds. The van der Waals surface area contributed by atoms with Crippen LogP contribution in [0, 0.1) is 0 Å². The Bertz CT molecular complexity index is 386. The van der Waals surface area contributed by atoms with Crippen molar-refractivity contribution in [3.63, 3.8) is 0 Å². The molecule has 3 rings (SSSR count). The van der Waals surface area contributed by atoms with Crippen LogP contribution in [0.15, 0.2) is 4.79 Å². The van der Waals surface area contributed by atoms with Crippen LogP contribution < -0.4 is 10.9 Å². The van der Waals surface area contributed by atoms with Crippen LogP contribution in [0.5, 0.6) is 0 Å². The van der Waals surface area contributed by atoms with Gasteiger partial charge < -0.3 is 5.32 Å². The molecule has 13 heavy (non-hydrogen) atoms. The molecule has 1 N–H and O–H groups in total. The molecule has 0 saturated heterocycles. The van der Waals surface area contributed by atoms with Crippen LogP contribution in [0.25, 0.3) is 0 Å². The molecule has 0 fully saturated rings. The zero-order valence-corrected chi connectivity index (χ0v) is 7.34. The number of aromatic nitrogens is 2. The maximum atomic E-state index is 11.8. The van der Waals surface area contributed by atoms with E-state index < -0.39 is 0 Å². The van der Waals surface area contributed by atoms with Crippen molar-refractivity contribution in [2.45, 2.75) is 25.8 Å². The van der Waals surface area contributed by atoms with Gasteiger partial charge in [0.05, 0.1) is 5.69 Å². The van der Waals surface area contributed by atoms with Gasteiger partial charge in [-0.2, -0.15) is 0 Å². The van der Waals surface area contributed by atoms with E-state index in [0.29, 0.717) is 0 Å². The first-order valence-corrected chi connectivity index (χ1v) is 4.73. The van der Waals surface area contributed by atoms with Gasteiger partial charge in [-0.15, -0.1) is 0 Å². The fourth-order valence-corrected chi connectivity index (χ4v) is 2.15.